The standard InChI is InChI=1S/C23H30N4O2.ClH/c28-22(25-12-17-26-15-10-24-11-16-26)19-8-13-27(14-9-19)23(29)21-7-3-5-18-4-1-2-6-20(18)21;/h1-7,19,24H,8-17H2,(H,25,28);1H. The van der Waals surface area contributed by atoms with E-state index >= 15 is 0 Å². The van der Waals surface area contributed by atoms with E-state index in [4.69, 9.17) is 0 Å². The minimum Gasteiger partial charge on any atom is -0.355 e. The van der Waals surface area contributed by atoms with Gasteiger partial charge in [0.1, 0.15) is 0 Å². The second-order valence-electron chi connectivity index (χ2n) is 7.98. The molecule has 0 bridgehead atoms. The molecule has 162 valence electrons. The summed E-state index contributed by atoms with van der Waals surface area (Å²) in [6, 6.07) is 13.9. The molecule has 2 amide bonds. The molecule has 2 aliphatic rings. The molecule has 0 aromatic heterocycles. The van der Waals surface area contributed by atoms with Crippen LogP contribution in [0.1, 0.15) is 23.2 Å². The van der Waals surface area contributed by atoms with Gasteiger partial charge in [0.2, 0.25) is 5.91 Å². The van der Waals surface area contributed by atoms with E-state index in [0.29, 0.717) is 19.6 Å². The molecule has 0 spiro atoms. The van der Waals surface area contributed by atoms with Gasteiger partial charge in [-0.1, -0.05) is 36.4 Å². The van der Waals surface area contributed by atoms with Gasteiger partial charge in [-0.05, 0) is 29.7 Å². The van der Waals surface area contributed by atoms with Crippen molar-refractivity contribution in [2.45, 2.75) is 12.8 Å². The van der Waals surface area contributed by atoms with E-state index in [2.05, 4.69) is 15.5 Å². The maximum Gasteiger partial charge on any atom is 0.254 e. The quantitative estimate of drug-likeness (QED) is 0.762. The van der Waals surface area contributed by atoms with Gasteiger partial charge < -0.3 is 15.5 Å². The Morgan fingerprint density at radius 1 is 0.967 bits per heavy atom. The molecule has 0 saturated carbocycles. The van der Waals surface area contributed by atoms with Crippen molar-refractivity contribution in [3.63, 3.8) is 0 Å². The van der Waals surface area contributed by atoms with Crippen molar-refractivity contribution in [3.8, 4) is 0 Å². The number of carbonyl (C=O) groups excluding carboxylic acids is 2. The van der Waals surface area contributed by atoms with Crippen molar-refractivity contribution in [3.05, 3.63) is 48.0 Å². The second kappa shape index (κ2) is 10.8. The summed E-state index contributed by atoms with van der Waals surface area (Å²) in [6.07, 6.45) is 1.46. The molecule has 0 radical (unpaired) electrons. The van der Waals surface area contributed by atoms with Crippen LogP contribution in [-0.4, -0.2) is 74.0 Å². The summed E-state index contributed by atoms with van der Waals surface area (Å²) in [5.41, 5.74) is 0.752. The van der Waals surface area contributed by atoms with Gasteiger partial charge in [-0.15, -0.1) is 12.4 Å². The third kappa shape index (κ3) is 5.31. The number of carbonyl (C=O) groups is 2. The normalized spacial score (nSPS) is 18.1. The molecule has 2 saturated heterocycles. The molecule has 2 N–H and O–H groups in total. The first-order chi connectivity index (χ1) is 14.2. The summed E-state index contributed by atoms with van der Waals surface area (Å²) in [5.74, 6) is 0.214. The number of hydrogen-bond acceptors (Lipinski definition) is 4. The first-order valence-electron chi connectivity index (χ1n) is 10.7. The molecular weight excluding hydrogens is 400 g/mol. The average molecular weight is 431 g/mol. The van der Waals surface area contributed by atoms with Gasteiger partial charge in [0, 0.05) is 63.8 Å². The number of rotatable bonds is 5. The van der Waals surface area contributed by atoms with Gasteiger partial charge in [0.15, 0.2) is 0 Å². The van der Waals surface area contributed by atoms with Gasteiger partial charge in [0.25, 0.3) is 5.91 Å². The average Bonchev–Trinajstić information content (AvgIpc) is 2.79. The molecule has 2 fully saturated rings. The number of amides is 2. The fourth-order valence-electron chi connectivity index (χ4n) is 4.34. The Balaban J connectivity index is 0.00000256. The number of fused-ring (bicyclic) bond motifs is 1. The zero-order valence-corrected chi connectivity index (χ0v) is 18.1. The fourth-order valence-corrected chi connectivity index (χ4v) is 4.34. The SMILES string of the molecule is Cl.O=C(NCCN1CCNCC1)C1CCN(C(=O)c2cccc3ccccc23)CC1. The lowest BCUT2D eigenvalue weighted by Gasteiger charge is -2.32. The molecule has 0 aliphatic carbocycles. The Labute approximate surface area is 184 Å². The van der Waals surface area contributed by atoms with E-state index < -0.39 is 0 Å². The molecule has 30 heavy (non-hydrogen) atoms. The molecule has 2 aliphatic heterocycles. The van der Waals surface area contributed by atoms with Gasteiger partial charge in [-0.3, -0.25) is 14.5 Å². The minimum atomic E-state index is 0. The predicted molar refractivity (Wildman–Crippen MR) is 122 cm³/mol. The van der Waals surface area contributed by atoms with E-state index in [1.807, 2.05) is 47.4 Å². The van der Waals surface area contributed by atoms with Crippen molar-refractivity contribution >= 4 is 35.0 Å². The first kappa shape index (κ1) is 22.5. The van der Waals surface area contributed by atoms with Crippen LogP contribution < -0.4 is 10.6 Å². The van der Waals surface area contributed by atoms with E-state index in [-0.39, 0.29) is 30.1 Å². The zero-order valence-electron chi connectivity index (χ0n) is 17.3. The van der Waals surface area contributed by atoms with Gasteiger partial charge in [-0.2, -0.15) is 0 Å². The van der Waals surface area contributed by atoms with Crippen molar-refractivity contribution in [2.75, 3.05) is 52.4 Å². The molecule has 2 aromatic carbocycles. The number of halogens is 1. The van der Waals surface area contributed by atoms with Crippen LogP contribution >= 0.6 is 12.4 Å². The van der Waals surface area contributed by atoms with E-state index in [0.717, 1.165) is 61.9 Å². The van der Waals surface area contributed by atoms with Crippen LogP contribution in [0.2, 0.25) is 0 Å². The summed E-state index contributed by atoms with van der Waals surface area (Å²) < 4.78 is 0. The minimum absolute atomic E-state index is 0. The van der Waals surface area contributed by atoms with E-state index in [9.17, 15) is 9.59 Å². The highest BCUT2D eigenvalue weighted by atomic mass is 35.5. The highest BCUT2D eigenvalue weighted by Crippen LogP contribution is 2.23. The summed E-state index contributed by atoms with van der Waals surface area (Å²) >= 11 is 0. The lowest BCUT2D eigenvalue weighted by atomic mass is 9.95. The smallest absolute Gasteiger partial charge is 0.254 e. The molecule has 6 nitrogen and oxygen atoms in total. The highest BCUT2D eigenvalue weighted by Gasteiger charge is 2.28. The van der Waals surface area contributed by atoms with Crippen LogP contribution in [0.3, 0.4) is 0 Å². The maximum absolute atomic E-state index is 13.1. The largest absolute Gasteiger partial charge is 0.355 e. The number of likely N-dealkylation sites (tertiary alicyclic amines) is 1. The highest BCUT2D eigenvalue weighted by molar-refractivity contribution is 6.07. The molecule has 7 heteroatoms. The summed E-state index contributed by atoms with van der Waals surface area (Å²) in [6.45, 7) is 7.03. The molecule has 4 rings (SSSR count). The molecule has 2 aromatic rings. The molecule has 0 unspecified atom stereocenters. The molecule has 2 heterocycles. The van der Waals surface area contributed by atoms with E-state index in [1.165, 1.54) is 0 Å². The van der Waals surface area contributed by atoms with Crippen LogP contribution in [0.25, 0.3) is 10.8 Å². The van der Waals surface area contributed by atoms with Crippen molar-refractivity contribution in [1.29, 1.82) is 0 Å². The summed E-state index contributed by atoms with van der Waals surface area (Å²) in [4.78, 5) is 29.8. The van der Waals surface area contributed by atoms with Crippen LogP contribution in [-0.2, 0) is 4.79 Å². The van der Waals surface area contributed by atoms with Crippen LogP contribution in [0, 0.1) is 5.92 Å². The van der Waals surface area contributed by atoms with Gasteiger partial charge >= 0.3 is 0 Å². The van der Waals surface area contributed by atoms with Crippen molar-refractivity contribution in [1.82, 2.24) is 20.4 Å². The Morgan fingerprint density at radius 2 is 1.67 bits per heavy atom. The van der Waals surface area contributed by atoms with Gasteiger partial charge in [0.05, 0.1) is 0 Å². The molecule has 0 atom stereocenters. The number of piperazine rings is 1. The summed E-state index contributed by atoms with van der Waals surface area (Å²) in [5, 5.41) is 8.51. The second-order valence-corrected chi connectivity index (χ2v) is 7.98. The lowest BCUT2D eigenvalue weighted by Crippen LogP contribution is -2.47. The van der Waals surface area contributed by atoms with Crippen molar-refractivity contribution < 1.29 is 9.59 Å². The maximum atomic E-state index is 13.1. The number of benzene rings is 2. The topological polar surface area (TPSA) is 64.7 Å². The Bertz CT molecular complexity index is 856. The van der Waals surface area contributed by atoms with E-state index in [1.54, 1.807) is 0 Å². The van der Waals surface area contributed by atoms with Crippen LogP contribution in [0.15, 0.2) is 42.5 Å². The van der Waals surface area contributed by atoms with Crippen LogP contribution in [0.4, 0.5) is 0 Å². The molecular formula is C23H31ClN4O2. The lowest BCUT2D eigenvalue weighted by molar-refractivity contribution is -0.126. The first-order valence-corrected chi connectivity index (χ1v) is 10.7. The number of nitrogens with one attached hydrogen (secondary N) is 2. The van der Waals surface area contributed by atoms with Crippen molar-refractivity contribution in [2.24, 2.45) is 5.92 Å². The number of nitrogens with zero attached hydrogens (tertiary/aromatic N) is 2. The third-order valence-electron chi connectivity index (χ3n) is 6.11. The Hall–Kier alpha value is -2.15. The Kier molecular flexibility index (Phi) is 8.08. The summed E-state index contributed by atoms with van der Waals surface area (Å²) in [7, 11) is 0. The number of hydrogen-bond donors (Lipinski definition) is 2. The number of piperidine rings is 1. The predicted octanol–water partition coefficient (Wildman–Crippen LogP) is 2.14. The van der Waals surface area contributed by atoms with Crippen LogP contribution in [0.5, 0.6) is 0 Å². The third-order valence-corrected chi connectivity index (χ3v) is 6.11. The van der Waals surface area contributed by atoms with Gasteiger partial charge in [-0.25, -0.2) is 0 Å². The zero-order chi connectivity index (χ0) is 20.1. The Morgan fingerprint density at radius 3 is 2.43 bits per heavy atom. The monoisotopic (exact) mass is 430 g/mol. The fraction of sp³-hybridized carbons (Fsp3) is 0.478.